The van der Waals surface area contributed by atoms with Gasteiger partial charge < -0.3 is 5.32 Å². The first kappa shape index (κ1) is 16.7. The lowest BCUT2D eigenvalue weighted by molar-refractivity contribution is -0.149. The fourth-order valence-electron chi connectivity index (χ4n) is 1.05. The van der Waals surface area contributed by atoms with Crippen LogP contribution in [0.3, 0.4) is 0 Å². The lowest BCUT2D eigenvalue weighted by atomic mass is 9.81. The molecule has 0 saturated heterocycles. The van der Waals surface area contributed by atoms with E-state index in [9.17, 15) is 13.6 Å². The van der Waals surface area contributed by atoms with Crippen LogP contribution in [0.2, 0.25) is 0 Å². The highest BCUT2D eigenvalue weighted by atomic mass is 19.3. The van der Waals surface area contributed by atoms with E-state index >= 15 is 0 Å². The summed E-state index contributed by atoms with van der Waals surface area (Å²) in [6.45, 7) is 8.25. The Morgan fingerprint density at radius 1 is 1.33 bits per heavy atom. The van der Waals surface area contributed by atoms with E-state index in [1.807, 2.05) is 13.8 Å². The van der Waals surface area contributed by atoms with E-state index in [-0.39, 0.29) is 18.7 Å². The van der Waals surface area contributed by atoms with Crippen LogP contribution in [0.1, 0.15) is 47.0 Å². The molecule has 0 aliphatic heterocycles. The zero-order chi connectivity index (χ0) is 12.5. The van der Waals surface area contributed by atoms with Gasteiger partial charge in [0.25, 0.3) is 0 Å². The van der Waals surface area contributed by atoms with Gasteiger partial charge in [0.15, 0.2) is 0 Å². The Morgan fingerprint density at radius 3 is 1.87 bits per heavy atom. The van der Waals surface area contributed by atoms with Crippen LogP contribution in [-0.4, -0.2) is 18.9 Å². The molecule has 0 atom stereocenters. The molecule has 1 rings (SSSR count). The summed E-state index contributed by atoms with van der Waals surface area (Å²) in [7, 11) is 1.46. The molecule has 1 N–H and O–H groups in total. The van der Waals surface area contributed by atoms with Crippen molar-refractivity contribution in [2.24, 2.45) is 5.92 Å². The average molecular weight is 223 g/mol. The normalized spacial score (nSPS) is 17.3. The molecule has 2 nitrogen and oxygen atoms in total. The second kappa shape index (κ2) is 8.62. The minimum atomic E-state index is -2.59. The van der Waals surface area contributed by atoms with Crippen LogP contribution in [0.4, 0.5) is 8.78 Å². The molecule has 0 aromatic carbocycles. The average Bonchev–Trinajstić information content (AvgIpc) is 2.17. The summed E-state index contributed by atoms with van der Waals surface area (Å²) >= 11 is 0. The fraction of sp³-hybridized carbons (Fsp3) is 0.909. The summed E-state index contributed by atoms with van der Waals surface area (Å²) in [6.07, 6.45) is 0.680. The van der Waals surface area contributed by atoms with Gasteiger partial charge in [0.1, 0.15) is 0 Å². The first-order chi connectivity index (χ1) is 6.96. The van der Waals surface area contributed by atoms with Crippen LogP contribution >= 0.6 is 0 Å². The number of amides is 1. The van der Waals surface area contributed by atoms with E-state index in [2.05, 4.69) is 19.2 Å². The topological polar surface area (TPSA) is 29.1 Å². The van der Waals surface area contributed by atoms with E-state index < -0.39 is 11.8 Å². The molecule has 0 unspecified atom stereocenters. The van der Waals surface area contributed by atoms with E-state index in [0.717, 1.165) is 0 Å². The van der Waals surface area contributed by atoms with E-state index in [0.29, 0.717) is 0 Å². The molecule has 0 radical (unpaired) electrons. The van der Waals surface area contributed by atoms with Crippen molar-refractivity contribution >= 4 is 5.91 Å². The van der Waals surface area contributed by atoms with Crippen molar-refractivity contribution in [2.75, 3.05) is 7.05 Å². The summed E-state index contributed by atoms with van der Waals surface area (Å²) in [6, 6.07) is 0. The highest BCUT2D eigenvalue weighted by Gasteiger charge is 2.48. The third kappa shape index (κ3) is 7.28. The number of carbonyl (C=O) groups excluding carboxylic acids is 1. The van der Waals surface area contributed by atoms with Crippen molar-refractivity contribution in [1.82, 2.24) is 5.32 Å². The maximum atomic E-state index is 12.1. The molecule has 0 bridgehead atoms. The van der Waals surface area contributed by atoms with Crippen LogP contribution in [0, 0.1) is 5.92 Å². The summed E-state index contributed by atoms with van der Waals surface area (Å²) in [5.41, 5.74) is 0. The first-order valence-electron chi connectivity index (χ1n) is 5.56. The van der Waals surface area contributed by atoms with E-state index in [4.69, 9.17) is 0 Å². The van der Waals surface area contributed by atoms with Crippen molar-refractivity contribution in [3.05, 3.63) is 0 Å². The molecule has 15 heavy (non-hydrogen) atoms. The van der Waals surface area contributed by atoms with Gasteiger partial charge in [-0.2, -0.15) is 0 Å². The molecule has 0 spiro atoms. The molecule has 4 heteroatoms. The number of rotatable bonds is 1. The number of alkyl halides is 2. The largest absolute Gasteiger partial charge is 0.359 e. The Hall–Kier alpha value is -0.670. The molecule has 92 valence electrons. The molecular weight excluding hydrogens is 200 g/mol. The van der Waals surface area contributed by atoms with Gasteiger partial charge in [0.2, 0.25) is 11.8 Å². The Bertz CT molecular complexity index is 164. The van der Waals surface area contributed by atoms with Gasteiger partial charge in [-0.15, -0.1) is 0 Å². The number of hydrogen-bond donors (Lipinski definition) is 1. The second-order valence-corrected chi connectivity index (χ2v) is 3.28. The van der Waals surface area contributed by atoms with Crippen molar-refractivity contribution in [3.63, 3.8) is 0 Å². The Kier molecular flexibility index (Phi) is 9.63. The third-order valence-electron chi connectivity index (χ3n) is 1.71. The molecule has 0 heterocycles. The summed E-state index contributed by atoms with van der Waals surface area (Å²) in [5, 5.41) is 2.33. The van der Waals surface area contributed by atoms with Gasteiger partial charge in [-0.1, -0.05) is 34.1 Å². The van der Waals surface area contributed by atoms with E-state index in [1.54, 1.807) is 0 Å². The Balaban J connectivity index is 0. The highest BCUT2D eigenvalue weighted by molar-refractivity contribution is 5.79. The van der Waals surface area contributed by atoms with Crippen LogP contribution in [0.5, 0.6) is 0 Å². The maximum absolute atomic E-state index is 12.1. The SMILES string of the molecule is CC.CCC.CNC(=O)C1CC(F)(F)C1. The summed E-state index contributed by atoms with van der Waals surface area (Å²) < 4.78 is 24.2. The van der Waals surface area contributed by atoms with Crippen molar-refractivity contribution < 1.29 is 13.6 Å². The molecule has 0 aromatic heterocycles. The molecule has 1 saturated carbocycles. The van der Waals surface area contributed by atoms with Crippen LogP contribution in [-0.2, 0) is 4.79 Å². The molecule has 1 fully saturated rings. The smallest absolute Gasteiger partial charge is 0.249 e. The monoisotopic (exact) mass is 223 g/mol. The molecule has 1 aliphatic carbocycles. The Labute approximate surface area is 91.4 Å². The van der Waals surface area contributed by atoms with Crippen molar-refractivity contribution in [2.45, 2.75) is 52.9 Å². The van der Waals surface area contributed by atoms with Gasteiger partial charge in [-0.05, 0) is 0 Å². The second-order valence-electron chi connectivity index (χ2n) is 3.28. The van der Waals surface area contributed by atoms with Gasteiger partial charge in [-0.25, -0.2) is 8.78 Å². The van der Waals surface area contributed by atoms with Gasteiger partial charge in [-0.3, -0.25) is 4.79 Å². The van der Waals surface area contributed by atoms with Crippen LogP contribution < -0.4 is 5.32 Å². The van der Waals surface area contributed by atoms with Gasteiger partial charge >= 0.3 is 0 Å². The minimum Gasteiger partial charge on any atom is -0.359 e. The van der Waals surface area contributed by atoms with Crippen LogP contribution in [0.25, 0.3) is 0 Å². The molecule has 0 aromatic rings. The van der Waals surface area contributed by atoms with Crippen LogP contribution in [0.15, 0.2) is 0 Å². The maximum Gasteiger partial charge on any atom is 0.249 e. The van der Waals surface area contributed by atoms with Gasteiger partial charge in [0, 0.05) is 25.8 Å². The highest BCUT2D eigenvalue weighted by Crippen LogP contribution is 2.42. The zero-order valence-electron chi connectivity index (χ0n) is 10.4. The first-order valence-corrected chi connectivity index (χ1v) is 5.56. The Morgan fingerprint density at radius 2 is 1.67 bits per heavy atom. The lowest BCUT2D eigenvalue weighted by Gasteiger charge is -2.33. The van der Waals surface area contributed by atoms with Crippen molar-refractivity contribution in [3.8, 4) is 0 Å². The number of carbonyl (C=O) groups is 1. The van der Waals surface area contributed by atoms with Gasteiger partial charge in [0.05, 0.1) is 0 Å². The fourth-order valence-corrected chi connectivity index (χ4v) is 1.05. The summed E-state index contributed by atoms with van der Waals surface area (Å²) in [4.78, 5) is 10.6. The molecule has 1 amide bonds. The zero-order valence-corrected chi connectivity index (χ0v) is 10.4. The lowest BCUT2D eigenvalue weighted by Crippen LogP contribution is -2.43. The number of nitrogens with one attached hydrogen (secondary N) is 1. The van der Waals surface area contributed by atoms with E-state index in [1.165, 1.54) is 13.5 Å². The number of hydrogen-bond acceptors (Lipinski definition) is 1. The third-order valence-corrected chi connectivity index (χ3v) is 1.71. The minimum absolute atomic E-state index is 0.272. The standard InChI is InChI=1S/C6H9F2NO.C3H8.C2H6/c1-9-5(10)4-2-6(7,8)3-4;1-3-2;1-2/h4H,2-3H2,1H3,(H,9,10);3H2,1-2H3;1-2H3. The molecular formula is C11H23F2NO. The molecule has 1 aliphatic rings. The summed E-state index contributed by atoms with van der Waals surface area (Å²) in [5.74, 6) is -3.32. The quantitative estimate of drug-likeness (QED) is 0.726. The van der Waals surface area contributed by atoms with Crippen molar-refractivity contribution in [1.29, 1.82) is 0 Å². The predicted molar refractivity (Wildman–Crippen MR) is 59.1 cm³/mol. The predicted octanol–water partition coefficient (Wildman–Crippen LogP) is 3.22. The number of halogens is 2.